The SMILES string of the molecule is C=C1C(Cl)=C(C)Oc2ccccc2C1c1ccccc1. The van der Waals surface area contributed by atoms with E-state index in [1.165, 1.54) is 5.56 Å². The van der Waals surface area contributed by atoms with Gasteiger partial charge in [0.25, 0.3) is 0 Å². The van der Waals surface area contributed by atoms with Gasteiger partial charge in [-0.3, -0.25) is 0 Å². The molecule has 0 amide bonds. The highest BCUT2D eigenvalue weighted by Gasteiger charge is 2.27. The number of benzene rings is 2. The second-order valence-corrected chi connectivity index (χ2v) is 5.26. The molecule has 2 heteroatoms. The van der Waals surface area contributed by atoms with Crippen LogP contribution in [0.3, 0.4) is 0 Å². The molecule has 2 aromatic rings. The minimum Gasteiger partial charge on any atom is -0.460 e. The highest BCUT2D eigenvalue weighted by Crippen LogP contribution is 2.44. The Kier molecular flexibility index (Phi) is 3.37. The zero-order valence-corrected chi connectivity index (χ0v) is 12.0. The van der Waals surface area contributed by atoms with Gasteiger partial charge in [0.05, 0.1) is 5.03 Å². The van der Waals surface area contributed by atoms with Crippen LogP contribution in [-0.4, -0.2) is 0 Å². The molecular weight excluding hydrogens is 268 g/mol. The smallest absolute Gasteiger partial charge is 0.131 e. The molecule has 0 radical (unpaired) electrons. The first-order valence-electron chi connectivity index (χ1n) is 6.55. The van der Waals surface area contributed by atoms with Crippen molar-refractivity contribution in [1.29, 1.82) is 0 Å². The molecule has 0 N–H and O–H groups in total. The Morgan fingerprint density at radius 3 is 2.40 bits per heavy atom. The van der Waals surface area contributed by atoms with Crippen molar-refractivity contribution in [2.24, 2.45) is 0 Å². The van der Waals surface area contributed by atoms with Crippen molar-refractivity contribution >= 4 is 11.6 Å². The summed E-state index contributed by atoms with van der Waals surface area (Å²) in [5.41, 5.74) is 3.14. The maximum absolute atomic E-state index is 6.41. The molecule has 1 nitrogen and oxygen atoms in total. The van der Waals surface area contributed by atoms with E-state index < -0.39 is 0 Å². The molecular formula is C18H15ClO. The highest BCUT2D eigenvalue weighted by atomic mass is 35.5. The quantitative estimate of drug-likeness (QED) is 0.695. The van der Waals surface area contributed by atoms with Crippen molar-refractivity contribution in [3.05, 3.63) is 88.7 Å². The van der Waals surface area contributed by atoms with E-state index in [0.29, 0.717) is 10.8 Å². The van der Waals surface area contributed by atoms with Gasteiger partial charge in [-0.15, -0.1) is 0 Å². The van der Waals surface area contributed by atoms with E-state index in [1.807, 2.05) is 43.3 Å². The number of para-hydroxylation sites is 1. The molecule has 1 unspecified atom stereocenters. The fourth-order valence-electron chi connectivity index (χ4n) is 2.59. The minimum absolute atomic E-state index is 0.0253. The van der Waals surface area contributed by atoms with Gasteiger partial charge in [-0.1, -0.05) is 66.7 Å². The fourth-order valence-corrected chi connectivity index (χ4v) is 2.74. The summed E-state index contributed by atoms with van der Waals surface area (Å²) < 4.78 is 5.88. The summed E-state index contributed by atoms with van der Waals surface area (Å²) in [5, 5.41) is 0.607. The average Bonchev–Trinajstić information content (AvgIpc) is 2.57. The lowest BCUT2D eigenvalue weighted by Crippen LogP contribution is -2.03. The summed E-state index contributed by atoms with van der Waals surface area (Å²) in [7, 11) is 0. The molecule has 0 bridgehead atoms. The Hall–Kier alpha value is -1.99. The van der Waals surface area contributed by atoms with E-state index in [4.69, 9.17) is 16.3 Å². The maximum Gasteiger partial charge on any atom is 0.131 e. The van der Waals surface area contributed by atoms with E-state index in [0.717, 1.165) is 16.9 Å². The number of hydrogen-bond donors (Lipinski definition) is 0. The van der Waals surface area contributed by atoms with Gasteiger partial charge in [-0.05, 0) is 24.1 Å². The highest BCUT2D eigenvalue weighted by molar-refractivity contribution is 6.32. The fraction of sp³-hybridized carbons (Fsp3) is 0.111. The molecule has 0 saturated heterocycles. The van der Waals surface area contributed by atoms with Crippen molar-refractivity contribution in [3.8, 4) is 5.75 Å². The first-order valence-corrected chi connectivity index (χ1v) is 6.93. The van der Waals surface area contributed by atoms with Gasteiger partial charge in [0, 0.05) is 11.5 Å². The number of hydrogen-bond acceptors (Lipinski definition) is 1. The third-order valence-electron chi connectivity index (χ3n) is 3.57. The van der Waals surface area contributed by atoms with Crippen molar-refractivity contribution < 1.29 is 4.74 Å². The molecule has 1 aliphatic rings. The van der Waals surface area contributed by atoms with E-state index in [1.54, 1.807) is 0 Å². The van der Waals surface area contributed by atoms with Crippen LogP contribution in [0.4, 0.5) is 0 Å². The largest absolute Gasteiger partial charge is 0.460 e. The van der Waals surface area contributed by atoms with Crippen LogP contribution in [0.1, 0.15) is 24.0 Å². The van der Waals surface area contributed by atoms with Crippen molar-refractivity contribution in [1.82, 2.24) is 0 Å². The summed E-state index contributed by atoms with van der Waals surface area (Å²) in [6.45, 7) is 6.07. The third-order valence-corrected chi connectivity index (χ3v) is 4.07. The Bertz CT molecular complexity index is 686. The minimum atomic E-state index is 0.0253. The molecule has 1 heterocycles. The normalized spacial score (nSPS) is 18.3. The van der Waals surface area contributed by atoms with Gasteiger partial charge in [0.15, 0.2) is 0 Å². The van der Waals surface area contributed by atoms with Crippen LogP contribution in [0.25, 0.3) is 0 Å². The number of allylic oxidation sites excluding steroid dienone is 3. The van der Waals surface area contributed by atoms with Gasteiger partial charge < -0.3 is 4.74 Å². The molecule has 1 atom stereocenters. The lowest BCUT2D eigenvalue weighted by molar-refractivity contribution is 0.425. The van der Waals surface area contributed by atoms with Crippen LogP contribution in [0.5, 0.6) is 5.75 Å². The number of halogens is 1. The third kappa shape index (κ3) is 2.14. The van der Waals surface area contributed by atoms with Crippen LogP contribution < -0.4 is 4.74 Å². The molecule has 3 rings (SSSR count). The lowest BCUT2D eigenvalue weighted by atomic mass is 9.85. The van der Waals surface area contributed by atoms with Crippen LogP contribution in [-0.2, 0) is 0 Å². The van der Waals surface area contributed by atoms with Gasteiger partial charge in [0.1, 0.15) is 11.5 Å². The molecule has 0 spiro atoms. The first kappa shape index (κ1) is 13.0. The van der Waals surface area contributed by atoms with Crippen molar-refractivity contribution in [3.63, 3.8) is 0 Å². The van der Waals surface area contributed by atoms with E-state index in [2.05, 4.69) is 24.8 Å². The van der Waals surface area contributed by atoms with Crippen LogP contribution in [0.2, 0.25) is 0 Å². The number of ether oxygens (including phenoxy) is 1. The summed E-state index contributed by atoms with van der Waals surface area (Å²) in [4.78, 5) is 0. The average molecular weight is 283 g/mol. The Morgan fingerprint density at radius 2 is 1.65 bits per heavy atom. The topological polar surface area (TPSA) is 9.23 Å². The maximum atomic E-state index is 6.41. The Balaban J connectivity index is 2.23. The zero-order chi connectivity index (χ0) is 14.1. The van der Waals surface area contributed by atoms with Crippen molar-refractivity contribution in [2.75, 3.05) is 0 Å². The summed E-state index contributed by atoms with van der Waals surface area (Å²) in [5.74, 6) is 1.57. The lowest BCUT2D eigenvalue weighted by Gasteiger charge is -2.19. The second-order valence-electron chi connectivity index (χ2n) is 4.88. The summed E-state index contributed by atoms with van der Waals surface area (Å²) in [6, 6.07) is 18.3. The number of rotatable bonds is 1. The second kappa shape index (κ2) is 5.18. The van der Waals surface area contributed by atoms with Crippen LogP contribution in [0.15, 0.2) is 77.5 Å². The predicted octanol–water partition coefficient (Wildman–Crippen LogP) is 5.24. The number of fused-ring (bicyclic) bond motifs is 1. The van der Waals surface area contributed by atoms with E-state index in [-0.39, 0.29) is 5.92 Å². The standard InChI is InChI=1S/C18H15ClO/c1-12-17(14-8-4-3-5-9-14)15-10-6-7-11-16(15)20-13(2)18(12)19/h3-11,17H,1H2,2H3. The molecule has 0 aromatic heterocycles. The summed E-state index contributed by atoms with van der Waals surface area (Å²) >= 11 is 6.41. The van der Waals surface area contributed by atoms with Crippen molar-refractivity contribution in [2.45, 2.75) is 12.8 Å². The summed E-state index contributed by atoms with van der Waals surface area (Å²) in [6.07, 6.45) is 0. The van der Waals surface area contributed by atoms with Crippen LogP contribution in [0, 0.1) is 0 Å². The zero-order valence-electron chi connectivity index (χ0n) is 11.3. The monoisotopic (exact) mass is 282 g/mol. The molecule has 2 aromatic carbocycles. The van der Waals surface area contributed by atoms with E-state index >= 15 is 0 Å². The van der Waals surface area contributed by atoms with Gasteiger partial charge in [-0.25, -0.2) is 0 Å². The van der Waals surface area contributed by atoms with Gasteiger partial charge in [0.2, 0.25) is 0 Å². The molecule has 0 aliphatic carbocycles. The van der Waals surface area contributed by atoms with Gasteiger partial charge >= 0.3 is 0 Å². The molecule has 20 heavy (non-hydrogen) atoms. The van der Waals surface area contributed by atoms with Gasteiger partial charge in [-0.2, -0.15) is 0 Å². The first-order chi connectivity index (χ1) is 9.68. The Labute approximate surface area is 124 Å². The van der Waals surface area contributed by atoms with E-state index in [9.17, 15) is 0 Å². The predicted molar refractivity (Wildman–Crippen MR) is 83.0 cm³/mol. The molecule has 0 fully saturated rings. The Morgan fingerprint density at radius 1 is 1.00 bits per heavy atom. The molecule has 1 aliphatic heterocycles. The molecule has 0 saturated carbocycles. The molecule has 100 valence electrons. The van der Waals surface area contributed by atoms with Crippen LogP contribution >= 0.6 is 11.6 Å².